The normalized spacial score (nSPS) is 19.5. The number of piperazine rings is 1. The van der Waals surface area contributed by atoms with Gasteiger partial charge in [0, 0.05) is 70.2 Å². The van der Waals surface area contributed by atoms with Gasteiger partial charge in [0.15, 0.2) is 5.54 Å². The minimum absolute atomic E-state index is 0.133. The van der Waals surface area contributed by atoms with Crippen LogP contribution in [-0.2, 0) is 20.8 Å². The van der Waals surface area contributed by atoms with Crippen LogP contribution in [-0.4, -0.2) is 101 Å². The lowest BCUT2D eigenvalue weighted by molar-refractivity contribution is -0.146. The summed E-state index contributed by atoms with van der Waals surface area (Å²) in [6, 6.07) is 6.78. The van der Waals surface area contributed by atoms with Crippen LogP contribution in [0.2, 0.25) is 5.02 Å². The molecule has 1 aromatic rings. The first-order valence-electron chi connectivity index (χ1n) is 13.8. The first-order valence-corrected chi connectivity index (χ1v) is 14.2. The van der Waals surface area contributed by atoms with Crippen LogP contribution in [0, 0.1) is 18.3 Å². The Balaban J connectivity index is 1.68. The average molecular weight is 559 g/mol. The van der Waals surface area contributed by atoms with Crippen molar-refractivity contribution in [3.05, 3.63) is 34.9 Å². The van der Waals surface area contributed by atoms with Crippen molar-refractivity contribution in [2.75, 3.05) is 45.8 Å². The third kappa shape index (κ3) is 8.42. The van der Waals surface area contributed by atoms with Crippen molar-refractivity contribution in [3.8, 4) is 12.3 Å². The second-order valence-corrected chi connectivity index (χ2v) is 11.7. The predicted octanol–water partition coefficient (Wildman–Crippen LogP) is 1.75. The summed E-state index contributed by atoms with van der Waals surface area (Å²) in [7, 11) is 0. The van der Waals surface area contributed by atoms with E-state index in [9.17, 15) is 14.4 Å². The van der Waals surface area contributed by atoms with E-state index in [1.54, 1.807) is 19.1 Å². The number of carbonyl (C=O) groups excluding carboxylic acids is 3. The Morgan fingerprint density at radius 1 is 1.10 bits per heavy atom. The summed E-state index contributed by atoms with van der Waals surface area (Å²) in [5, 5.41) is 8.23. The number of piperidine rings is 1. The van der Waals surface area contributed by atoms with Gasteiger partial charge in [0.05, 0.1) is 0 Å². The molecule has 2 fully saturated rings. The zero-order chi connectivity index (χ0) is 28.7. The van der Waals surface area contributed by atoms with E-state index in [1.165, 1.54) is 6.92 Å². The monoisotopic (exact) mass is 558 g/mol. The van der Waals surface area contributed by atoms with Crippen LogP contribution in [0.4, 0.5) is 0 Å². The van der Waals surface area contributed by atoms with Gasteiger partial charge in [-0.25, -0.2) is 10.0 Å². The van der Waals surface area contributed by atoms with E-state index >= 15 is 0 Å². The van der Waals surface area contributed by atoms with Crippen molar-refractivity contribution in [2.24, 2.45) is 11.7 Å². The quantitative estimate of drug-likeness (QED) is 0.448. The van der Waals surface area contributed by atoms with Gasteiger partial charge < -0.3 is 20.9 Å². The van der Waals surface area contributed by atoms with Crippen molar-refractivity contribution >= 4 is 29.3 Å². The molecule has 2 atom stereocenters. The van der Waals surface area contributed by atoms with Crippen LogP contribution in [0.25, 0.3) is 0 Å². The number of halogens is 1. The molecule has 0 bridgehead atoms. The highest BCUT2D eigenvalue weighted by Crippen LogP contribution is 2.22. The largest absolute Gasteiger partial charge is 0.343 e. The number of carbonyl (C=O) groups is 3. The number of amides is 3. The zero-order valence-electron chi connectivity index (χ0n) is 23.7. The standard InChI is InChI=1S/C29H43ClN6O3/c1-6-29(5,31)28(39)32-26(19-23-7-9-24(30)10-8-23)27(38)34-15-17-35(18-16-34)36(20-21(2)3)25-11-13-33(14-12-25)22(4)37/h1,7-10,21,25-26H,11-20,31H2,2-5H3,(H,32,39)/t26-,29+/m1/s1. The second kappa shape index (κ2) is 13.6. The Morgan fingerprint density at radius 2 is 1.69 bits per heavy atom. The zero-order valence-corrected chi connectivity index (χ0v) is 24.4. The fourth-order valence-electron chi connectivity index (χ4n) is 5.17. The van der Waals surface area contributed by atoms with Gasteiger partial charge in [-0.3, -0.25) is 14.4 Å². The summed E-state index contributed by atoms with van der Waals surface area (Å²) in [5.41, 5.74) is 5.31. The minimum Gasteiger partial charge on any atom is -0.343 e. The summed E-state index contributed by atoms with van der Waals surface area (Å²) in [6.07, 6.45) is 7.64. The smallest absolute Gasteiger partial charge is 0.252 e. The maximum absolute atomic E-state index is 13.7. The molecule has 10 heteroatoms. The molecule has 3 rings (SSSR count). The second-order valence-electron chi connectivity index (χ2n) is 11.2. The SMILES string of the molecule is C#C[C@](C)(N)C(=O)N[C@H](Cc1ccc(Cl)cc1)C(=O)N1CCN(N(CC(C)C)C2CCN(C(C)=O)CC2)CC1. The van der Waals surface area contributed by atoms with Crippen LogP contribution >= 0.6 is 11.6 Å². The van der Waals surface area contributed by atoms with Gasteiger partial charge in [-0.05, 0) is 43.4 Å². The van der Waals surface area contributed by atoms with Crippen molar-refractivity contribution in [1.82, 2.24) is 25.1 Å². The van der Waals surface area contributed by atoms with E-state index in [1.807, 2.05) is 21.9 Å². The molecule has 2 aliphatic rings. The summed E-state index contributed by atoms with van der Waals surface area (Å²) in [5.74, 6) is 2.20. The van der Waals surface area contributed by atoms with Crippen LogP contribution < -0.4 is 11.1 Å². The maximum Gasteiger partial charge on any atom is 0.252 e. The molecule has 39 heavy (non-hydrogen) atoms. The third-order valence-electron chi connectivity index (χ3n) is 7.54. The number of nitrogens with zero attached hydrogens (tertiary/aromatic N) is 4. The number of rotatable bonds is 9. The third-order valence-corrected chi connectivity index (χ3v) is 7.79. The van der Waals surface area contributed by atoms with E-state index in [0.717, 1.165) is 38.0 Å². The molecule has 3 N–H and O–H groups in total. The van der Waals surface area contributed by atoms with Crippen molar-refractivity contribution in [3.63, 3.8) is 0 Å². The van der Waals surface area contributed by atoms with Crippen LogP contribution in [0.15, 0.2) is 24.3 Å². The van der Waals surface area contributed by atoms with E-state index in [2.05, 4.69) is 35.1 Å². The summed E-state index contributed by atoms with van der Waals surface area (Å²) in [6.45, 7) is 12.5. The first-order chi connectivity index (χ1) is 18.4. The molecule has 0 radical (unpaired) electrons. The summed E-state index contributed by atoms with van der Waals surface area (Å²) < 4.78 is 0. The molecular formula is C29H43ClN6O3. The number of hydrogen-bond donors (Lipinski definition) is 2. The highest BCUT2D eigenvalue weighted by molar-refractivity contribution is 6.30. The average Bonchev–Trinajstić information content (AvgIpc) is 2.92. The fraction of sp³-hybridized carbons (Fsp3) is 0.621. The molecule has 3 amide bonds. The Hall–Kier alpha value is -2.64. The van der Waals surface area contributed by atoms with Gasteiger partial charge in [-0.2, -0.15) is 0 Å². The molecule has 0 saturated carbocycles. The van der Waals surface area contributed by atoms with Gasteiger partial charge in [0.2, 0.25) is 11.8 Å². The summed E-state index contributed by atoms with van der Waals surface area (Å²) in [4.78, 5) is 42.0. The number of likely N-dealkylation sites (tertiary alicyclic amines) is 1. The van der Waals surface area contributed by atoms with Gasteiger partial charge in [0.25, 0.3) is 5.91 Å². The Bertz CT molecular complexity index is 1040. The van der Waals surface area contributed by atoms with Crippen LogP contribution in [0.3, 0.4) is 0 Å². The van der Waals surface area contributed by atoms with Gasteiger partial charge in [0.1, 0.15) is 6.04 Å². The Kier molecular flexibility index (Phi) is 10.8. The highest BCUT2D eigenvalue weighted by atomic mass is 35.5. The Morgan fingerprint density at radius 3 is 2.21 bits per heavy atom. The molecule has 214 valence electrons. The first kappa shape index (κ1) is 30.9. The predicted molar refractivity (Wildman–Crippen MR) is 153 cm³/mol. The molecule has 0 unspecified atom stereocenters. The van der Waals surface area contributed by atoms with E-state index in [-0.39, 0.29) is 11.8 Å². The fourth-order valence-corrected chi connectivity index (χ4v) is 5.30. The maximum atomic E-state index is 13.7. The number of benzene rings is 1. The van der Waals surface area contributed by atoms with Gasteiger partial charge in [-0.1, -0.05) is 43.5 Å². The van der Waals surface area contributed by atoms with Gasteiger partial charge >= 0.3 is 0 Å². The molecule has 2 aliphatic heterocycles. The lowest BCUT2D eigenvalue weighted by atomic mass is 10.0. The molecule has 0 spiro atoms. The summed E-state index contributed by atoms with van der Waals surface area (Å²) >= 11 is 6.03. The number of hydrazine groups is 1. The van der Waals surface area contributed by atoms with E-state index < -0.39 is 17.5 Å². The van der Waals surface area contributed by atoms with Crippen molar-refractivity contribution in [1.29, 1.82) is 0 Å². The number of nitrogens with two attached hydrogens (primary N) is 1. The van der Waals surface area contributed by atoms with Crippen LogP contribution in [0.1, 0.15) is 46.1 Å². The molecule has 9 nitrogen and oxygen atoms in total. The van der Waals surface area contributed by atoms with Crippen molar-refractivity contribution in [2.45, 2.75) is 64.6 Å². The molecule has 0 aliphatic carbocycles. The van der Waals surface area contributed by atoms with Gasteiger partial charge in [-0.15, -0.1) is 6.42 Å². The topological polar surface area (TPSA) is 102 Å². The van der Waals surface area contributed by atoms with Crippen molar-refractivity contribution < 1.29 is 14.4 Å². The molecule has 1 aromatic carbocycles. The molecule has 2 heterocycles. The number of terminal acetylenes is 1. The molecular weight excluding hydrogens is 516 g/mol. The number of hydrogen-bond acceptors (Lipinski definition) is 6. The van der Waals surface area contributed by atoms with Crippen LogP contribution in [0.5, 0.6) is 0 Å². The lowest BCUT2D eigenvalue weighted by Crippen LogP contribution is -2.62. The Labute approximate surface area is 237 Å². The highest BCUT2D eigenvalue weighted by Gasteiger charge is 2.36. The molecule has 2 saturated heterocycles. The minimum atomic E-state index is -1.52. The lowest BCUT2D eigenvalue weighted by Gasteiger charge is -2.47. The van der Waals surface area contributed by atoms with E-state index in [4.69, 9.17) is 23.8 Å². The number of nitrogens with one attached hydrogen (secondary N) is 1. The molecule has 0 aromatic heterocycles. The van der Waals surface area contributed by atoms with E-state index in [0.29, 0.717) is 49.6 Å².